The topological polar surface area (TPSA) is 59.8 Å². The fourth-order valence-corrected chi connectivity index (χ4v) is 1.86. The minimum absolute atomic E-state index is 0.0951. The fourth-order valence-electron chi connectivity index (χ4n) is 1.64. The van der Waals surface area contributed by atoms with E-state index < -0.39 is 17.5 Å². The maximum absolute atomic E-state index is 12.9. The van der Waals surface area contributed by atoms with Crippen LogP contribution in [0.5, 0.6) is 0 Å². The SMILES string of the molecule is Cn1nc(-c2ccccc2Cl)nc1NC(=O)C(C)(C)C(F)(F)F. The van der Waals surface area contributed by atoms with Gasteiger partial charge in [0.25, 0.3) is 0 Å². The number of benzene rings is 1. The summed E-state index contributed by atoms with van der Waals surface area (Å²) in [6, 6.07) is 6.76. The highest BCUT2D eigenvalue weighted by atomic mass is 35.5. The molecule has 1 aromatic carbocycles. The molecule has 0 saturated carbocycles. The van der Waals surface area contributed by atoms with Gasteiger partial charge in [0.15, 0.2) is 5.82 Å². The van der Waals surface area contributed by atoms with Crippen LogP contribution in [0.2, 0.25) is 5.02 Å². The van der Waals surface area contributed by atoms with Gasteiger partial charge in [-0.3, -0.25) is 10.1 Å². The van der Waals surface area contributed by atoms with Crippen LogP contribution in [0.25, 0.3) is 11.4 Å². The van der Waals surface area contributed by atoms with Crippen LogP contribution in [-0.2, 0) is 11.8 Å². The smallest absolute Gasteiger partial charge is 0.294 e. The first kappa shape index (κ1) is 17.3. The third-order valence-corrected chi connectivity index (χ3v) is 3.71. The Morgan fingerprint density at radius 1 is 1.26 bits per heavy atom. The molecule has 1 N–H and O–H groups in total. The van der Waals surface area contributed by atoms with Crippen LogP contribution in [0.4, 0.5) is 19.1 Å². The zero-order valence-electron chi connectivity index (χ0n) is 12.6. The van der Waals surface area contributed by atoms with Crippen molar-refractivity contribution in [1.29, 1.82) is 0 Å². The van der Waals surface area contributed by atoms with Gasteiger partial charge >= 0.3 is 6.18 Å². The molecule has 0 saturated heterocycles. The molecule has 9 heteroatoms. The van der Waals surface area contributed by atoms with E-state index in [-0.39, 0.29) is 11.8 Å². The molecule has 0 aliphatic heterocycles. The Balaban J connectivity index is 2.30. The zero-order chi connectivity index (χ0) is 17.4. The van der Waals surface area contributed by atoms with Crippen molar-refractivity contribution in [3.05, 3.63) is 29.3 Å². The van der Waals surface area contributed by atoms with E-state index in [1.54, 1.807) is 24.3 Å². The first-order valence-corrected chi connectivity index (χ1v) is 6.96. The molecule has 0 unspecified atom stereocenters. The van der Waals surface area contributed by atoms with Crippen molar-refractivity contribution >= 4 is 23.5 Å². The molecule has 1 heterocycles. The number of halogens is 4. The highest BCUT2D eigenvalue weighted by Gasteiger charge is 2.53. The normalized spacial score (nSPS) is 12.3. The van der Waals surface area contributed by atoms with Crippen LogP contribution in [0, 0.1) is 5.41 Å². The quantitative estimate of drug-likeness (QED) is 0.922. The first-order valence-electron chi connectivity index (χ1n) is 6.58. The largest absolute Gasteiger partial charge is 0.402 e. The van der Waals surface area contributed by atoms with E-state index >= 15 is 0 Å². The number of carbonyl (C=O) groups excluding carboxylic acids is 1. The van der Waals surface area contributed by atoms with Gasteiger partial charge in [-0.15, -0.1) is 5.10 Å². The van der Waals surface area contributed by atoms with E-state index in [1.165, 1.54) is 11.7 Å². The molecule has 5 nitrogen and oxygen atoms in total. The molecule has 0 atom stereocenters. The van der Waals surface area contributed by atoms with Crippen molar-refractivity contribution in [3.8, 4) is 11.4 Å². The van der Waals surface area contributed by atoms with Crippen LogP contribution < -0.4 is 5.32 Å². The van der Waals surface area contributed by atoms with E-state index in [0.717, 1.165) is 13.8 Å². The van der Waals surface area contributed by atoms with Crippen molar-refractivity contribution in [2.24, 2.45) is 12.5 Å². The van der Waals surface area contributed by atoms with Crippen LogP contribution in [0.15, 0.2) is 24.3 Å². The Labute approximate surface area is 135 Å². The van der Waals surface area contributed by atoms with E-state index in [1.807, 2.05) is 0 Å². The molecule has 0 aliphatic carbocycles. The molecule has 0 spiro atoms. The van der Waals surface area contributed by atoms with Crippen LogP contribution in [0.3, 0.4) is 0 Å². The summed E-state index contributed by atoms with van der Waals surface area (Å²) in [5.41, 5.74) is -2.04. The number of alkyl halides is 3. The number of hydrogen-bond acceptors (Lipinski definition) is 3. The first-order chi connectivity index (χ1) is 10.5. The summed E-state index contributed by atoms with van der Waals surface area (Å²) in [5.74, 6) is -1.10. The molecule has 124 valence electrons. The van der Waals surface area contributed by atoms with Crippen LogP contribution in [0.1, 0.15) is 13.8 Å². The lowest BCUT2D eigenvalue weighted by Gasteiger charge is -2.25. The summed E-state index contributed by atoms with van der Waals surface area (Å²) in [4.78, 5) is 16.0. The van der Waals surface area contributed by atoms with Gasteiger partial charge in [0.05, 0.1) is 5.02 Å². The average Bonchev–Trinajstić information content (AvgIpc) is 2.79. The molecule has 1 aromatic heterocycles. The van der Waals surface area contributed by atoms with Gasteiger partial charge in [-0.05, 0) is 26.0 Å². The van der Waals surface area contributed by atoms with Crippen LogP contribution in [-0.4, -0.2) is 26.8 Å². The molecule has 2 aromatic rings. The maximum atomic E-state index is 12.9. The van der Waals surface area contributed by atoms with E-state index in [2.05, 4.69) is 15.4 Å². The molecule has 2 rings (SSSR count). The molecule has 0 aliphatic rings. The third kappa shape index (κ3) is 3.31. The molecule has 0 bridgehead atoms. The molecule has 0 radical (unpaired) electrons. The molecule has 23 heavy (non-hydrogen) atoms. The minimum atomic E-state index is -4.68. The highest BCUT2D eigenvalue weighted by Crippen LogP contribution is 2.38. The number of rotatable bonds is 3. The van der Waals surface area contributed by atoms with Crippen molar-refractivity contribution < 1.29 is 18.0 Å². The van der Waals surface area contributed by atoms with Gasteiger partial charge in [0, 0.05) is 12.6 Å². The van der Waals surface area contributed by atoms with E-state index in [9.17, 15) is 18.0 Å². The lowest BCUT2D eigenvalue weighted by Crippen LogP contribution is -2.43. The van der Waals surface area contributed by atoms with Gasteiger partial charge in [0.1, 0.15) is 5.41 Å². The van der Waals surface area contributed by atoms with Gasteiger partial charge in [-0.1, -0.05) is 23.7 Å². The number of nitrogens with one attached hydrogen (secondary N) is 1. The summed E-state index contributed by atoms with van der Waals surface area (Å²) in [6.45, 7) is 1.60. The number of aryl methyl sites for hydroxylation is 1. The summed E-state index contributed by atoms with van der Waals surface area (Å²) in [7, 11) is 1.46. The molecule has 1 amide bonds. The number of nitrogens with zero attached hydrogens (tertiary/aromatic N) is 3. The summed E-state index contributed by atoms with van der Waals surface area (Å²) >= 11 is 6.03. The number of amides is 1. The Hall–Kier alpha value is -2.09. The second kappa shape index (κ2) is 5.84. The minimum Gasteiger partial charge on any atom is -0.294 e. The van der Waals surface area contributed by atoms with Gasteiger partial charge in [-0.25, -0.2) is 4.68 Å². The van der Waals surface area contributed by atoms with Crippen LogP contribution >= 0.6 is 11.6 Å². The summed E-state index contributed by atoms with van der Waals surface area (Å²) in [6.07, 6.45) is -4.68. The average molecular weight is 347 g/mol. The second-order valence-electron chi connectivity index (χ2n) is 5.44. The van der Waals surface area contributed by atoms with Gasteiger partial charge in [0.2, 0.25) is 11.9 Å². The molecular formula is C14H14ClF3N4O. The Bertz CT molecular complexity index is 740. The Morgan fingerprint density at radius 3 is 2.43 bits per heavy atom. The summed E-state index contributed by atoms with van der Waals surface area (Å²) in [5, 5.41) is 6.61. The number of hydrogen-bond donors (Lipinski definition) is 1. The number of aromatic nitrogens is 3. The van der Waals surface area contributed by atoms with E-state index in [0.29, 0.717) is 10.6 Å². The zero-order valence-corrected chi connectivity index (χ0v) is 13.3. The van der Waals surface area contributed by atoms with Crippen molar-refractivity contribution in [3.63, 3.8) is 0 Å². The lowest BCUT2D eigenvalue weighted by molar-refractivity contribution is -0.208. The number of carbonyl (C=O) groups is 1. The monoisotopic (exact) mass is 346 g/mol. The predicted octanol–water partition coefficient (Wildman–Crippen LogP) is 3.66. The lowest BCUT2D eigenvalue weighted by atomic mass is 9.92. The Kier molecular flexibility index (Phi) is 4.39. The maximum Gasteiger partial charge on any atom is 0.402 e. The predicted molar refractivity (Wildman–Crippen MR) is 79.9 cm³/mol. The van der Waals surface area contributed by atoms with Crippen molar-refractivity contribution in [2.45, 2.75) is 20.0 Å². The van der Waals surface area contributed by atoms with Crippen molar-refractivity contribution in [2.75, 3.05) is 5.32 Å². The second-order valence-corrected chi connectivity index (χ2v) is 5.85. The third-order valence-electron chi connectivity index (χ3n) is 3.38. The van der Waals surface area contributed by atoms with E-state index in [4.69, 9.17) is 11.6 Å². The van der Waals surface area contributed by atoms with Gasteiger partial charge in [-0.2, -0.15) is 18.2 Å². The molecular weight excluding hydrogens is 333 g/mol. The Morgan fingerprint density at radius 2 is 1.87 bits per heavy atom. The van der Waals surface area contributed by atoms with Gasteiger partial charge < -0.3 is 0 Å². The standard InChI is InChI=1S/C14H14ClF3N4O/c1-13(2,14(16,17)18)11(23)20-12-19-10(21-22(12)3)8-6-4-5-7-9(8)15/h4-7H,1-3H3,(H,19,20,21,23). The van der Waals surface area contributed by atoms with Crippen molar-refractivity contribution in [1.82, 2.24) is 14.8 Å². The number of anilines is 1. The molecule has 0 fully saturated rings. The summed E-state index contributed by atoms with van der Waals surface area (Å²) < 4.78 is 39.9. The fraction of sp³-hybridized carbons (Fsp3) is 0.357. The highest BCUT2D eigenvalue weighted by molar-refractivity contribution is 6.33.